The molecule has 0 saturated carbocycles. The second-order valence-corrected chi connectivity index (χ2v) is 4.13. The van der Waals surface area contributed by atoms with E-state index in [-0.39, 0.29) is 11.4 Å². The van der Waals surface area contributed by atoms with E-state index in [2.05, 4.69) is 9.97 Å². The Morgan fingerprint density at radius 3 is 2.65 bits per heavy atom. The summed E-state index contributed by atoms with van der Waals surface area (Å²) >= 11 is 0. The van der Waals surface area contributed by atoms with Gasteiger partial charge < -0.3 is 15.6 Å². The molecule has 0 spiro atoms. The normalized spacial score (nSPS) is 10.3. The molecule has 0 atom stereocenters. The standard InChI is InChI=1S/C14H15N3O3/c1-3-20-10-7-5-4-6-9(10)13-16-8(2)11(14(18)19)12(15)17-13/h4-7H,3H2,1-2H3,(H,18,19)(H2,15,16,17). The first kappa shape index (κ1) is 13.8. The summed E-state index contributed by atoms with van der Waals surface area (Å²) in [4.78, 5) is 19.4. The Morgan fingerprint density at radius 1 is 1.35 bits per heavy atom. The van der Waals surface area contributed by atoms with Crippen LogP contribution in [0.5, 0.6) is 5.75 Å². The van der Waals surface area contributed by atoms with E-state index in [4.69, 9.17) is 15.6 Å². The molecule has 1 aromatic heterocycles. The number of rotatable bonds is 4. The molecular formula is C14H15N3O3. The molecule has 0 radical (unpaired) electrons. The number of nitrogens with two attached hydrogens (primary N) is 1. The van der Waals surface area contributed by atoms with Crippen molar-refractivity contribution in [1.82, 2.24) is 9.97 Å². The van der Waals surface area contributed by atoms with E-state index in [1.54, 1.807) is 19.1 Å². The van der Waals surface area contributed by atoms with Gasteiger partial charge in [-0.25, -0.2) is 14.8 Å². The molecule has 1 aromatic carbocycles. The largest absolute Gasteiger partial charge is 0.493 e. The number of aromatic carboxylic acids is 1. The lowest BCUT2D eigenvalue weighted by molar-refractivity contribution is 0.0696. The Labute approximate surface area is 116 Å². The van der Waals surface area contributed by atoms with Crippen molar-refractivity contribution in [3.05, 3.63) is 35.5 Å². The summed E-state index contributed by atoms with van der Waals surface area (Å²) in [5.74, 6) is -0.193. The highest BCUT2D eigenvalue weighted by atomic mass is 16.5. The number of para-hydroxylation sites is 1. The number of nitrogens with zero attached hydrogens (tertiary/aromatic N) is 2. The number of anilines is 1. The van der Waals surface area contributed by atoms with Crippen LogP contribution >= 0.6 is 0 Å². The van der Waals surface area contributed by atoms with Crippen molar-refractivity contribution in [2.75, 3.05) is 12.3 Å². The van der Waals surface area contributed by atoms with Crippen LogP contribution in [0, 0.1) is 6.92 Å². The predicted molar refractivity (Wildman–Crippen MR) is 74.7 cm³/mol. The predicted octanol–water partition coefficient (Wildman–Crippen LogP) is 2.13. The average Bonchev–Trinajstić information content (AvgIpc) is 2.38. The zero-order chi connectivity index (χ0) is 14.7. The molecule has 2 aromatic rings. The van der Waals surface area contributed by atoms with Gasteiger partial charge in [0.25, 0.3) is 0 Å². The monoisotopic (exact) mass is 273 g/mol. The fourth-order valence-electron chi connectivity index (χ4n) is 1.91. The summed E-state index contributed by atoms with van der Waals surface area (Å²) < 4.78 is 5.51. The average molecular weight is 273 g/mol. The van der Waals surface area contributed by atoms with Gasteiger partial charge >= 0.3 is 5.97 Å². The quantitative estimate of drug-likeness (QED) is 0.885. The molecule has 20 heavy (non-hydrogen) atoms. The third-order valence-corrected chi connectivity index (χ3v) is 2.76. The van der Waals surface area contributed by atoms with Crippen molar-refractivity contribution in [3.63, 3.8) is 0 Å². The molecule has 6 heteroatoms. The van der Waals surface area contributed by atoms with Crippen LogP contribution in [0.3, 0.4) is 0 Å². The summed E-state index contributed by atoms with van der Waals surface area (Å²) in [6.07, 6.45) is 0. The molecule has 0 saturated heterocycles. The molecule has 6 nitrogen and oxygen atoms in total. The topological polar surface area (TPSA) is 98.3 Å². The molecule has 0 amide bonds. The Balaban J connectivity index is 2.57. The van der Waals surface area contributed by atoms with Crippen LogP contribution < -0.4 is 10.5 Å². The number of carbonyl (C=O) groups is 1. The third kappa shape index (κ3) is 2.54. The van der Waals surface area contributed by atoms with E-state index < -0.39 is 5.97 Å². The molecule has 3 N–H and O–H groups in total. The Morgan fingerprint density at radius 2 is 2.05 bits per heavy atom. The third-order valence-electron chi connectivity index (χ3n) is 2.76. The first-order valence-electron chi connectivity index (χ1n) is 6.14. The van der Waals surface area contributed by atoms with Gasteiger partial charge in [0.05, 0.1) is 17.9 Å². The number of hydrogen-bond donors (Lipinski definition) is 2. The minimum Gasteiger partial charge on any atom is -0.493 e. The highest BCUT2D eigenvalue weighted by Crippen LogP contribution is 2.28. The lowest BCUT2D eigenvalue weighted by Crippen LogP contribution is -2.10. The van der Waals surface area contributed by atoms with E-state index in [1.165, 1.54) is 0 Å². The van der Waals surface area contributed by atoms with Gasteiger partial charge in [0.2, 0.25) is 0 Å². The number of benzene rings is 1. The second kappa shape index (κ2) is 5.56. The first-order valence-corrected chi connectivity index (χ1v) is 6.14. The van der Waals surface area contributed by atoms with Crippen molar-refractivity contribution >= 4 is 11.8 Å². The van der Waals surface area contributed by atoms with Gasteiger partial charge in [-0.15, -0.1) is 0 Å². The number of aromatic nitrogens is 2. The van der Waals surface area contributed by atoms with Gasteiger partial charge in [-0.1, -0.05) is 12.1 Å². The molecule has 0 aliphatic heterocycles. The van der Waals surface area contributed by atoms with Crippen LogP contribution in [-0.4, -0.2) is 27.7 Å². The zero-order valence-corrected chi connectivity index (χ0v) is 11.3. The maximum atomic E-state index is 11.1. The van der Waals surface area contributed by atoms with Gasteiger partial charge in [-0.05, 0) is 26.0 Å². The molecule has 2 rings (SSSR count). The van der Waals surface area contributed by atoms with Crippen LogP contribution in [0.25, 0.3) is 11.4 Å². The summed E-state index contributed by atoms with van der Waals surface area (Å²) in [5.41, 5.74) is 6.65. The highest BCUT2D eigenvalue weighted by Gasteiger charge is 2.18. The van der Waals surface area contributed by atoms with Gasteiger partial charge in [0.1, 0.15) is 17.1 Å². The fraction of sp³-hybridized carbons (Fsp3) is 0.214. The van der Waals surface area contributed by atoms with Crippen molar-refractivity contribution < 1.29 is 14.6 Å². The number of aryl methyl sites for hydroxylation is 1. The number of carboxylic acids is 1. The van der Waals surface area contributed by atoms with E-state index in [9.17, 15) is 4.79 Å². The van der Waals surface area contributed by atoms with Crippen molar-refractivity contribution in [3.8, 4) is 17.1 Å². The summed E-state index contributed by atoms with van der Waals surface area (Å²) in [6.45, 7) is 3.98. The second-order valence-electron chi connectivity index (χ2n) is 4.13. The minimum absolute atomic E-state index is 0.0497. The molecular weight excluding hydrogens is 258 g/mol. The zero-order valence-electron chi connectivity index (χ0n) is 11.3. The van der Waals surface area contributed by atoms with Gasteiger partial charge in [0.15, 0.2) is 5.82 Å². The van der Waals surface area contributed by atoms with Crippen LogP contribution in [0.2, 0.25) is 0 Å². The molecule has 0 fully saturated rings. The number of carboxylic acid groups (broad SMARTS) is 1. The van der Waals surface area contributed by atoms with Crippen LogP contribution in [0.1, 0.15) is 23.0 Å². The summed E-state index contributed by atoms with van der Waals surface area (Å²) in [5, 5.41) is 9.06. The summed E-state index contributed by atoms with van der Waals surface area (Å²) in [6, 6.07) is 7.28. The number of hydrogen-bond acceptors (Lipinski definition) is 5. The van der Waals surface area contributed by atoms with Crippen LogP contribution in [0.4, 0.5) is 5.82 Å². The van der Waals surface area contributed by atoms with Crippen LogP contribution in [-0.2, 0) is 0 Å². The lowest BCUT2D eigenvalue weighted by Gasteiger charge is -2.11. The highest BCUT2D eigenvalue weighted by molar-refractivity contribution is 5.94. The lowest BCUT2D eigenvalue weighted by atomic mass is 10.1. The molecule has 0 aliphatic carbocycles. The fourth-order valence-corrected chi connectivity index (χ4v) is 1.91. The summed E-state index contributed by atoms with van der Waals surface area (Å²) in [7, 11) is 0. The van der Waals surface area contributed by atoms with E-state index in [0.29, 0.717) is 29.4 Å². The van der Waals surface area contributed by atoms with E-state index in [0.717, 1.165) is 0 Å². The molecule has 1 heterocycles. The molecule has 0 bridgehead atoms. The Kier molecular flexibility index (Phi) is 3.84. The maximum Gasteiger partial charge on any atom is 0.341 e. The number of nitrogen functional groups attached to an aromatic ring is 1. The molecule has 0 aliphatic rings. The minimum atomic E-state index is -1.13. The first-order chi connectivity index (χ1) is 9.54. The smallest absolute Gasteiger partial charge is 0.341 e. The molecule has 104 valence electrons. The van der Waals surface area contributed by atoms with Gasteiger partial charge in [-0.3, -0.25) is 0 Å². The maximum absolute atomic E-state index is 11.1. The van der Waals surface area contributed by atoms with Crippen molar-refractivity contribution in [2.24, 2.45) is 0 Å². The van der Waals surface area contributed by atoms with Crippen LogP contribution in [0.15, 0.2) is 24.3 Å². The van der Waals surface area contributed by atoms with Crippen molar-refractivity contribution in [2.45, 2.75) is 13.8 Å². The SMILES string of the molecule is CCOc1ccccc1-c1nc(C)c(C(=O)O)c(N)n1. The Bertz CT molecular complexity index is 633. The van der Waals surface area contributed by atoms with E-state index >= 15 is 0 Å². The van der Waals surface area contributed by atoms with Crippen molar-refractivity contribution in [1.29, 1.82) is 0 Å². The number of ether oxygens (including phenoxy) is 1. The van der Waals surface area contributed by atoms with Gasteiger partial charge in [-0.2, -0.15) is 0 Å². The Hall–Kier alpha value is -2.63. The molecule has 0 unspecified atom stereocenters. The van der Waals surface area contributed by atoms with E-state index in [1.807, 2.05) is 19.1 Å². The van der Waals surface area contributed by atoms with Gasteiger partial charge in [0, 0.05) is 0 Å².